The Bertz CT molecular complexity index is 693. The van der Waals surface area contributed by atoms with Crippen molar-refractivity contribution >= 4 is 31.8 Å². The van der Waals surface area contributed by atoms with Crippen LogP contribution in [0.15, 0.2) is 46.2 Å². The number of hydrogen-bond acceptors (Lipinski definition) is 6. The number of sulfonamides is 1. The summed E-state index contributed by atoms with van der Waals surface area (Å²) in [6, 6.07) is 4.93. The Balaban J connectivity index is 2.24. The van der Waals surface area contributed by atoms with E-state index in [0.717, 1.165) is 5.56 Å². The number of nitrogens with two attached hydrogens (primary N) is 1. The van der Waals surface area contributed by atoms with Crippen LogP contribution in [0.25, 0.3) is 0 Å². The molecule has 0 spiro atoms. The summed E-state index contributed by atoms with van der Waals surface area (Å²) >= 11 is 3.18. The minimum absolute atomic E-state index is 0.0294. The van der Waals surface area contributed by atoms with Crippen molar-refractivity contribution in [1.82, 2.24) is 14.7 Å². The fraction of sp³-hybridized carbons (Fsp3) is 0.0909. The largest absolute Gasteiger partial charge is 0.307 e. The van der Waals surface area contributed by atoms with Gasteiger partial charge in [-0.05, 0) is 33.6 Å². The maximum absolute atomic E-state index is 12.2. The topological polar surface area (TPSA) is 110 Å². The van der Waals surface area contributed by atoms with Gasteiger partial charge >= 0.3 is 0 Å². The Hall–Kier alpha value is -1.55. The maximum Gasteiger partial charge on any atom is 0.244 e. The number of hydrazine groups is 1. The van der Waals surface area contributed by atoms with E-state index in [1.54, 1.807) is 24.5 Å². The quantitative estimate of drug-likeness (QED) is 0.543. The van der Waals surface area contributed by atoms with E-state index >= 15 is 0 Å². The van der Waals surface area contributed by atoms with E-state index in [4.69, 9.17) is 5.84 Å². The summed E-state index contributed by atoms with van der Waals surface area (Å²) in [5, 5.41) is 0. The number of nitrogens with zero attached hydrogens (tertiary/aromatic N) is 2. The molecule has 0 bridgehead atoms. The molecule has 0 fully saturated rings. The van der Waals surface area contributed by atoms with Crippen LogP contribution in [0.3, 0.4) is 0 Å². The number of pyridine rings is 2. The molecule has 0 aromatic carbocycles. The van der Waals surface area contributed by atoms with Gasteiger partial charge in [-0.15, -0.1) is 0 Å². The molecule has 0 atom stereocenters. The number of anilines is 1. The minimum atomic E-state index is -3.74. The number of nitrogen functional groups attached to an aromatic ring is 1. The molecule has 9 heteroatoms. The van der Waals surface area contributed by atoms with E-state index in [1.165, 1.54) is 12.3 Å². The van der Waals surface area contributed by atoms with Gasteiger partial charge in [-0.3, -0.25) is 4.98 Å². The smallest absolute Gasteiger partial charge is 0.244 e. The summed E-state index contributed by atoms with van der Waals surface area (Å²) in [5.41, 5.74) is 3.01. The average Bonchev–Trinajstić information content (AvgIpc) is 2.46. The summed E-state index contributed by atoms with van der Waals surface area (Å²) in [7, 11) is -3.74. The Morgan fingerprint density at radius 3 is 2.80 bits per heavy atom. The van der Waals surface area contributed by atoms with Crippen LogP contribution < -0.4 is 16.0 Å². The van der Waals surface area contributed by atoms with Crippen molar-refractivity contribution in [3.63, 3.8) is 0 Å². The van der Waals surface area contributed by atoms with Gasteiger partial charge in [-0.2, -0.15) is 0 Å². The van der Waals surface area contributed by atoms with Crippen molar-refractivity contribution in [2.24, 2.45) is 5.84 Å². The van der Waals surface area contributed by atoms with Crippen molar-refractivity contribution < 1.29 is 8.42 Å². The Morgan fingerprint density at radius 1 is 1.35 bits per heavy atom. The average molecular weight is 358 g/mol. The molecule has 0 amide bonds. The van der Waals surface area contributed by atoms with Crippen LogP contribution in [-0.4, -0.2) is 18.4 Å². The zero-order valence-electron chi connectivity index (χ0n) is 10.2. The van der Waals surface area contributed by atoms with Crippen LogP contribution >= 0.6 is 15.9 Å². The summed E-state index contributed by atoms with van der Waals surface area (Å²) < 4.78 is 27.5. The zero-order valence-corrected chi connectivity index (χ0v) is 12.6. The summed E-state index contributed by atoms with van der Waals surface area (Å²) in [5.74, 6) is 5.35. The highest BCUT2D eigenvalue weighted by atomic mass is 79.9. The second-order valence-corrected chi connectivity index (χ2v) is 6.48. The molecule has 4 N–H and O–H groups in total. The molecule has 106 valence electrons. The highest BCUT2D eigenvalue weighted by molar-refractivity contribution is 9.10. The molecule has 0 radical (unpaired) electrons. The first kappa shape index (κ1) is 14.9. The first-order valence-electron chi connectivity index (χ1n) is 5.53. The van der Waals surface area contributed by atoms with Crippen LogP contribution in [0.2, 0.25) is 0 Å². The van der Waals surface area contributed by atoms with Crippen LogP contribution in [0, 0.1) is 0 Å². The molecular formula is C11H12BrN5O2S. The Labute approximate surface area is 124 Å². The first-order valence-corrected chi connectivity index (χ1v) is 7.81. The van der Waals surface area contributed by atoms with E-state index in [2.05, 4.69) is 36.0 Å². The lowest BCUT2D eigenvalue weighted by molar-refractivity contribution is 0.581. The number of aromatic nitrogens is 2. The third kappa shape index (κ3) is 3.51. The molecule has 0 saturated heterocycles. The van der Waals surface area contributed by atoms with Crippen LogP contribution in [0.4, 0.5) is 5.82 Å². The molecule has 2 rings (SSSR count). The van der Waals surface area contributed by atoms with Gasteiger partial charge in [0, 0.05) is 29.6 Å². The molecule has 0 aliphatic carbocycles. The van der Waals surface area contributed by atoms with Crippen molar-refractivity contribution in [2.75, 3.05) is 5.43 Å². The molecule has 2 aromatic rings. The van der Waals surface area contributed by atoms with E-state index in [1.807, 2.05) is 0 Å². The number of hydrogen-bond donors (Lipinski definition) is 3. The second kappa shape index (κ2) is 6.27. The van der Waals surface area contributed by atoms with Crippen molar-refractivity contribution in [3.8, 4) is 0 Å². The third-order valence-corrected chi connectivity index (χ3v) is 4.28. The van der Waals surface area contributed by atoms with Crippen molar-refractivity contribution in [3.05, 3.63) is 46.8 Å². The van der Waals surface area contributed by atoms with Crippen molar-refractivity contribution in [2.45, 2.75) is 11.4 Å². The van der Waals surface area contributed by atoms with Crippen LogP contribution in [0.5, 0.6) is 0 Å². The Morgan fingerprint density at radius 2 is 2.15 bits per heavy atom. The molecular weight excluding hydrogens is 346 g/mol. The molecule has 0 aliphatic rings. The van der Waals surface area contributed by atoms with Gasteiger partial charge in [-0.25, -0.2) is 24.0 Å². The highest BCUT2D eigenvalue weighted by Gasteiger charge is 2.19. The number of rotatable bonds is 5. The van der Waals surface area contributed by atoms with E-state index in [9.17, 15) is 8.42 Å². The predicted octanol–water partition coefficient (Wildman–Crippen LogP) is 1.00. The minimum Gasteiger partial charge on any atom is -0.307 e. The zero-order chi connectivity index (χ0) is 14.6. The molecule has 7 nitrogen and oxygen atoms in total. The lowest BCUT2D eigenvalue weighted by atomic mass is 10.3. The van der Waals surface area contributed by atoms with Crippen LogP contribution in [-0.2, 0) is 16.6 Å². The normalized spacial score (nSPS) is 11.3. The monoisotopic (exact) mass is 357 g/mol. The molecule has 2 heterocycles. The number of halogens is 1. The molecule has 0 saturated carbocycles. The van der Waals surface area contributed by atoms with E-state index < -0.39 is 10.0 Å². The fourth-order valence-corrected chi connectivity index (χ4v) is 3.14. The van der Waals surface area contributed by atoms with E-state index in [-0.39, 0.29) is 17.3 Å². The Kier molecular flexibility index (Phi) is 4.65. The van der Waals surface area contributed by atoms with Gasteiger partial charge in [0.25, 0.3) is 0 Å². The van der Waals surface area contributed by atoms with Gasteiger partial charge in [-0.1, -0.05) is 6.07 Å². The molecule has 0 aliphatic heterocycles. The van der Waals surface area contributed by atoms with Gasteiger partial charge in [0.05, 0.1) is 0 Å². The molecule has 0 unspecified atom stereocenters. The fourth-order valence-electron chi connectivity index (χ4n) is 1.49. The molecule has 20 heavy (non-hydrogen) atoms. The van der Waals surface area contributed by atoms with Gasteiger partial charge in [0.2, 0.25) is 10.0 Å². The van der Waals surface area contributed by atoms with Gasteiger partial charge in [0.1, 0.15) is 4.90 Å². The standard InChI is InChI=1S/C11H12BrN5O2S/c12-9-4-10(11(17-13)15-7-9)20(18,19)16-6-8-2-1-3-14-5-8/h1-5,7,16H,6,13H2,(H,15,17). The maximum atomic E-state index is 12.2. The van der Waals surface area contributed by atoms with Crippen molar-refractivity contribution in [1.29, 1.82) is 0 Å². The van der Waals surface area contributed by atoms with Gasteiger partial charge in [0.15, 0.2) is 5.82 Å². The summed E-state index contributed by atoms with van der Waals surface area (Å²) in [6.45, 7) is 0.132. The lowest BCUT2D eigenvalue weighted by Gasteiger charge is -2.10. The third-order valence-electron chi connectivity index (χ3n) is 2.43. The SMILES string of the molecule is NNc1ncc(Br)cc1S(=O)(=O)NCc1cccnc1. The molecule has 2 aromatic heterocycles. The summed E-state index contributed by atoms with van der Waals surface area (Å²) in [6.07, 6.45) is 4.66. The summed E-state index contributed by atoms with van der Waals surface area (Å²) in [4.78, 5) is 7.79. The number of nitrogens with one attached hydrogen (secondary N) is 2. The highest BCUT2D eigenvalue weighted by Crippen LogP contribution is 2.22. The first-order chi connectivity index (χ1) is 9.53. The van der Waals surface area contributed by atoms with Gasteiger partial charge < -0.3 is 5.43 Å². The van der Waals surface area contributed by atoms with E-state index in [0.29, 0.717) is 4.47 Å². The van der Waals surface area contributed by atoms with Crippen LogP contribution in [0.1, 0.15) is 5.56 Å². The lowest BCUT2D eigenvalue weighted by Crippen LogP contribution is -2.25. The predicted molar refractivity (Wildman–Crippen MR) is 78.0 cm³/mol. The second-order valence-electron chi connectivity index (χ2n) is 3.83.